The fourth-order valence-electron chi connectivity index (χ4n) is 3.91. The topological polar surface area (TPSA) is 70.2 Å². The van der Waals surface area contributed by atoms with E-state index in [4.69, 9.17) is 0 Å². The maximum absolute atomic E-state index is 12.6. The van der Waals surface area contributed by atoms with Crippen LogP contribution in [0.25, 0.3) is 0 Å². The summed E-state index contributed by atoms with van der Waals surface area (Å²) in [6.45, 7) is 3.80. The Balaban J connectivity index is 1.47. The third kappa shape index (κ3) is 3.10. The molecule has 5 nitrogen and oxygen atoms in total. The molecule has 3 N–H and O–H groups in total. The SMILES string of the molecule is Cc1c(NC(=O)[C@@H]2C[C@@]23CCNC3)cccc1C(=O)Nc1ccccc1. The molecule has 26 heavy (non-hydrogen) atoms. The van der Waals surface area contributed by atoms with Crippen LogP contribution in [0.5, 0.6) is 0 Å². The summed E-state index contributed by atoms with van der Waals surface area (Å²) < 4.78 is 0. The smallest absolute Gasteiger partial charge is 0.256 e. The van der Waals surface area contributed by atoms with Gasteiger partial charge in [0.05, 0.1) is 0 Å². The highest BCUT2D eigenvalue weighted by Crippen LogP contribution is 2.56. The Morgan fingerprint density at radius 1 is 1.08 bits per heavy atom. The Hall–Kier alpha value is -2.66. The van der Waals surface area contributed by atoms with E-state index >= 15 is 0 Å². The Morgan fingerprint density at radius 2 is 1.88 bits per heavy atom. The predicted octanol–water partition coefficient (Wildman–Crippen LogP) is 3.19. The molecule has 2 aliphatic rings. The summed E-state index contributed by atoms with van der Waals surface area (Å²) in [6.07, 6.45) is 2.03. The summed E-state index contributed by atoms with van der Waals surface area (Å²) >= 11 is 0. The number of para-hydroxylation sites is 1. The number of amides is 2. The molecule has 2 atom stereocenters. The lowest BCUT2D eigenvalue weighted by Crippen LogP contribution is -2.21. The first kappa shape index (κ1) is 16.8. The van der Waals surface area contributed by atoms with Crippen molar-refractivity contribution in [1.29, 1.82) is 0 Å². The predicted molar refractivity (Wildman–Crippen MR) is 102 cm³/mol. The van der Waals surface area contributed by atoms with E-state index in [0.29, 0.717) is 11.3 Å². The number of hydrogen-bond acceptors (Lipinski definition) is 3. The zero-order valence-corrected chi connectivity index (χ0v) is 14.8. The maximum atomic E-state index is 12.6. The van der Waals surface area contributed by atoms with Crippen LogP contribution in [0.15, 0.2) is 48.5 Å². The zero-order valence-electron chi connectivity index (χ0n) is 14.8. The normalized spacial score (nSPS) is 23.7. The van der Waals surface area contributed by atoms with Crippen LogP contribution in [0.4, 0.5) is 11.4 Å². The van der Waals surface area contributed by atoms with E-state index in [1.54, 1.807) is 6.07 Å². The van der Waals surface area contributed by atoms with E-state index < -0.39 is 0 Å². The second-order valence-corrected chi connectivity index (χ2v) is 7.33. The summed E-state index contributed by atoms with van der Waals surface area (Å²) in [7, 11) is 0. The van der Waals surface area contributed by atoms with Crippen molar-refractivity contribution in [3.63, 3.8) is 0 Å². The fraction of sp³-hybridized carbons (Fsp3) is 0.333. The van der Waals surface area contributed by atoms with Crippen LogP contribution in [-0.4, -0.2) is 24.9 Å². The van der Waals surface area contributed by atoms with Gasteiger partial charge in [0.2, 0.25) is 5.91 Å². The van der Waals surface area contributed by atoms with Crippen molar-refractivity contribution in [2.24, 2.45) is 11.3 Å². The molecule has 2 amide bonds. The molecule has 0 aromatic heterocycles. The summed E-state index contributed by atoms with van der Waals surface area (Å²) in [5.41, 5.74) is 2.98. The van der Waals surface area contributed by atoms with Gasteiger partial charge in [0.15, 0.2) is 0 Å². The maximum Gasteiger partial charge on any atom is 0.256 e. The number of hydrogen-bond donors (Lipinski definition) is 3. The molecule has 1 saturated carbocycles. The molecule has 5 heteroatoms. The highest BCUT2D eigenvalue weighted by atomic mass is 16.2. The third-order valence-corrected chi connectivity index (χ3v) is 5.65. The molecule has 0 unspecified atom stereocenters. The largest absolute Gasteiger partial charge is 0.326 e. The number of rotatable bonds is 4. The third-order valence-electron chi connectivity index (χ3n) is 5.65. The standard InChI is InChI=1S/C21H23N3O2/c1-14-16(19(25)23-15-6-3-2-4-7-15)8-5-9-18(14)24-20(26)17-12-21(17)10-11-22-13-21/h2-9,17,22H,10-13H2,1H3,(H,23,25)(H,24,26)/t17-,21+/m0/s1. The van der Waals surface area contributed by atoms with Crippen LogP contribution < -0.4 is 16.0 Å². The average Bonchev–Trinajstić information content (AvgIpc) is 3.14. The quantitative estimate of drug-likeness (QED) is 0.794. The minimum absolute atomic E-state index is 0.0671. The van der Waals surface area contributed by atoms with Crippen LogP contribution in [0.3, 0.4) is 0 Å². The molecule has 1 saturated heterocycles. The first-order valence-corrected chi connectivity index (χ1v) is 9.07. The molecule has 2 aromatic carbocycles. The lowest BCUT2D eigenvalue weighted by molar-refractivity contribution is -0.118. The van der Waals surface area contributed by atoms with Crippen LogP contribution in [-0.2, 0) is 4.79 Å². The van der Waals surface area contributed by atoms with Crippen molar-refractivity contribution in [2.45, 2.75) is 19.8 Å². The molecule has 0 radical (unpaired) electrons. The van der Waals surface area contributed by atoms with Crippen molar-refractivity contribution in [3.8, 4) is 0 Å². The van der Waals surface area contributed by atoms with Crippen molar-refractivity contribution >= 4 is 23.2 Å². The van der Waals surface area contributed by atoms with Crippen molar-refractivity contribution in [1.82, 2.24) is 5.32 Å². The Bertz CT molecular complexity index is 842. The summed E-state index contributed by atoms with van der Waals surface area (Å²) in [5, 5.41) is 9.28. The van der Waals surface area contributed by atoms with Gasteiger partial charge >= 0.3 is 0 Å². The van der Waals surface area contributed by atoms with Gasteiger partial charge < -0.3 is 16.0 Å². The number of nitrogens with one attached hydrogen (secondary N) is 3. The molecular formula is C21H23N3O2. The lowest BCUT2D eigenvalue weighted by atomic mass is 10.0. The van der Waals surface area contributed by atoms with Crippen LogP contribution in [0, 0.1) is 18.3 Å². The highest BCUT2D eigenvalue weighted by Gasteiger charge is 2.58. The second-order valence-electron chi connectivity index (χ2n) is 7.33. The number of carbonyl (C=O) groups excluding carboxylic acids is 2. The van der Waals surface area contributed by atoms with Crippen LogP contribution in [0.1, 0.15) is 28.8 Å². The van der Waals surface area contributed by atoms with Gasteiger partial charge in [-0.05, 0) is 61.6 Å². The minimum atomic E-state index is -0.173. The summed E-state index contributed by atoms with van der Waals surface area (Å²) in [5.74, 6) is -0.0243. The van der Waals surface area contributed by atoms with Gasteiger partial charge in [-0.3, -0.25) is 9.59 Å². The van der Waals surface area contributed by atoms with E-state index in [-0.39, 0.29) is 23.1 Å². The second kappa shape index (κ2) is 6.57. The Labute approximate surface area is 153 Å². The number of benzene rings is 2. The Morgan fingerprint density at radius 3 is 2.62 bits per heavy atom. The van der Waals surface area contributed by atoms with Gasteiger partial charge in [0.1, 0.15) is 0 Å². The molecule has 2 aromatic rings. The zero-order chi connectivity index (χ0) is 18.1. The van der Waals surface area contributed by atoms with Gasteiger partial charge in [0, 0.05) is 29.4 Å². The molecular weight excluding hydrogens is 326 g/mol. The van der Waals surface area contributed by atoms with E-state index in [0.717, 1.165) is 37.2 Å². The summed E-state index contributed by atoms with van der Waals surface area (Å²) in [4.78, 5) is 25.2. The van der Waals surface area contributed by atoms with E-state index in [9.17, 15) is 9.59 Å². The van der Waals surface area contributed by atoms with Crippen LogP contribution >= 0.6 is 0 Å². The molecule has 4 rings (SSSR count). The van der Waals surface area contributed by atoms with Crippen molar-refractivity contribution < 1.29 is 9.59 Å². The van der Waals surface area contributed by atoms with E-state index in [1.165, 1.54) is 0 Å². The average molecular weight is 349 g/mol. The van der Waals surface area contributed by atoms with Crippen LogP contribution in [0.2, 0.25) is 0 Å². The molecule has 1 aliphatic carbocycles. The van der Waals surface area contributed by atoms with E-state index in [1.807, 2.05) is 49.4 Å². The highest BCUT2D eigenvalue weighted by molar-refractivity contribution is 6.07. The van der Waals surface area contributed by atoms with Gasteiger partial charge in [-0.25, -0.2) is 0 Å². The Kier molecular flexibility index (Phi) is 4.24. The molecule has 1 heterocycles. The fourth-order valence-corrected chi connectivity index (χ4v) is 3.91. The van der Waals surface area contributed by atoms with Crippen molar-refractivity contribution in [2.75, 3.05) is 23.7 Å². The minimum Gasteiger partial charge on any atom is -0.326 e. The molecule has 2 fully saturated rings. The summed E-state index contributed by atoms with van der Waals surface area (Å²) in [6, 6.07) is 14.8. The van der Waals surface area contributed by atoms with E-state index in [2.05, 4.69) is 16.0 Å². The molecule has 1 spiro atoms. The number of anilines is 2. The van der Waals surface area contributed by atoms with Gasteiger partial charge in [0.25, 0.3) is 5.91 Å². The monoisotopic (exact) mass is 349 g/mol. The molecule has 0 bridgehead atoms. The molecule has 134 valence electrons. The van der Waals surface area contributed by atoms with Gasteiger partial charge in [-0.1, -0.05) is 24.3 Å². The molecule has 1 aliphatic heterocycles. The number of carbonyl (C=O) groups is 2. The van der Waals surface area contributed by atoms with Gasteiger partial charge in [-0.2, -0.15) is 0 Å². The lowest BCUT2D eigenvalue weighted by Gasteiger charge is -2.14. The first-order valence-electron chi connectivity index (χ1n) is 9.07. The first-order chi connectivity index (χ1) is 12.6. The van der Waals surface area contributed by atoms with Crippen molar-refractivity contribution in [3.05, 3.63) is 59.7 Å². The van der Waals surface area contributed by atoms with Gasteiger partial charge in [-0.15, -0.1) is 0 Å².